The second-order valence-corrected chi connectivity index (χ2v) is 7.13. The van der Waals surface area contributed by atoms with Crippen LogP contribution in [0.25, 0.3) is 0 Å². The Kier molecular flexibility index (Phi) is 5.31. The summed E-state index contributed by atoms with van der Waals surface area (Å²) in [6, 6.07) is 1.86. The number of sulfonamides is 1. The number of nitrogens with one attached hydrogen (secondary N) is 1. The zero-order valence-corrected chi connectivity index (χ0v) is 13.3. The van der Waals surface area contributed by atoms with Crippen molar-refractivity contribution in [2.24, 2.45) is 0 Å². The molecule has 0 spiro atoms. The van der Waals surface area contributed by atoms with Gasteiger partial charge in [-0.15, -0.1) is 0 Å². The number of likely N-dealkylation sites (N-methyl/N-ethyl adjacent to an activating group) is 1. The van der Waals surface area contributed by atoms with Gasteiger partial charge >= 0.3 is 0 Å². The molecule has 0 heterocycles. The second-order valence-electron chi connectivity index (χ2n) is 4.59. The fraction of sp³-hybridized carbons (Fsp3) is 0.455. The molecule has 108 valence electrons. The van der Waals surface area contributed by atoms with Gasteiger partial charge in [0.15, 0.2) is 0 Å². The van der Waals surface area contributed by atoms with Gasteiger partial charge in [-0.25, -0.2) is 17.5 Å². The normalized spacial score (nSPS) is 13.8. The van der Waals surface area contributed by atoms with Crippen LogP contribution in [0.4, 0.5) is 10.1 Å². The van der Waals surface area contributed by atoms with E-state index in [9.17, 15) is 12.8 Å². The molecule has 1 atom stereocenters. The molecule has 1 aromatic carbocycles. The van der Waals surface area contributed by atoms with Crippen LogP contribution in [-0.2, 0) is 10.0 Å². The quantitative estimate of drug-likeness (QED) is 0.784. The van der Waals surface area contributed by atoms with Crippen LogP contribution in [0.5, 0.6) is 0 Å². The molecule has 5 nitrogen and oxygen atoms in total. The number of nitrogen functional groups attached to an aromatic ring is 1. The average molecular weight is 354 g/mol. The van der Waals surface area contributed by atoms with Crippen molar-refractivity contribution < 1.29 is 12.8 Å². The third kappa shape index (κ3) is 4.41. The number of nitrogens with zero attached hydrogens (tertiary/aromatic N) is 1. The van der Waals surface area contributed by atoms with Gasteiger partial charge in [0.05, 0.1) is 10.6 Å². The van der Waals surface area contributed by atoms with E-state index in [1.165, 1.54) is 0 Å². The standard InChI is InChI=1S/C11H17BrFN3O2S/c1-7(6-16(2)3)15-19(17,18)11-5-10(14)9(13)4-8(11)12/h4-5,7,15H,6,14H2,1-3H3. The van der Waals surface area contributed by atoms with E-state index in [-0.39, 0.29) is 21.1 Å². The molecule has 0 bridgehead atoms. The lowest BCUT2D eigenvalue weighted by Gasteiger charge is -2.19. The van der Waals surface area contributed by atoms with Crippen LogP contribution in [0.2, 0.25) is 0 Å². The molecule has 1 aromatic rings. The zero-order chi connectivity index (χ0) is 14.8. The molecule has 1 rings (SSSR count). The fourth-order valence-corrected chi connectivity index (χ4v) is 3.95. The highest BCUT2D eigenvalue weighted by Gasteiger charge is 2.22. The van der Waals surface area contributed by atoms with Crippen LogP contribution < -0.4 is 10.5 Å². The molecule has 0 radical (unpaired) electrons. The van der Waals surface area contributed by atoms with E-state index >= 15 is 0 Å². The van der Waals surface area contributed by atoms with Gasteiger partial charge in [0.1, 0.15) is 5.82 Å². The van der Waals surface area contributed by atoms with E-state index in [2.05, 4.69) is 20.7 Å². The number of anilines is 1. The number of hydrogen-bond acceptors (Lipinski definition) is 4. The summed E-state index contributed by atoms with van der Waals surface area (Å²) in [7, 11) is -0.0576. The lowest BCUT2D eigenvalue weighted by Crippen LogP contribution is -2.39. The van der Waals surface area contributed by atoms with Crippen LogP contribution in [0.3, 0.4) is 0 Å². The van der Waals surface area contributed by atoms with Crippen molar-refractivity contribution >= 4 is 31.6 Å². The molecule has 0 saturated carbocycles. The zero-order valence-electron chi connectivity index (χ0n) is 10.9. The molecule has 19 heavy (non-hydrogen) atoms. The van der Waals surface area contributed by atoms with Crippen molar-refractivity contribution in [1.82, 2.24) is 9.62 Å². The smallest absolute Gasteiger partial charge is 0.242 e. The van der Waals surface area contributed by atoms with Gasteiger partial charge in [0.25, 0.3) is 0 Å². The molecule has 0 aliphatic rings. The summed E-state index contributed by atoms with van der Waals surface area (Å²) >= 11 is 3.03. The van der Waals surface area contributed by atoms with Gasteiger partial charge in [-0.1, -0.05) is 0 Å². The summed E-state index contributed by atoms with van der Waals surface area (Å²) in [6.45, 7) is 2.30. The maximum Gasteiger partial charge on any atom is 0.242 e. The molecule has 1 unspecified atom stereocenters. The van der Waals surface area contributed by atoms with Gasteiger partial charge in [0.2, 0.25) is 10.0 Å². The van der Waals surface area contributed by atoms with Crippen molar-refractivity contribution in [3.05, 3.63) is 22.4 Å². The Balaban J connectivity index is 3.04. The van der Waals surface area contributed by atoms with Gasteiger partial charge in [-0.05, 0) is 49.1 Å². The molecule has 3 N–H and O–H groups in total. The van der Waals surface area contributed by atoms with Gasteiger partial charge < -0.3 is 10.6 Å². The van der Waals surface area contributed by atoms with Crippen LogP contribution in [0.15, 0.2) is 21.5 Å². The Labute approximate surface area is 121 Å². The second kappa shape index (κ2) is 6.17. The number of benzene rings is 1. The van der Waals surface area contributed by atoms with Gasteiger partial charge in [-0.3, -0.25) is 0 Å². The van der Waals surface area contributed by atoms with Crippen molar-refractivity contribution in [2.45, 2.75) is 17.9 Å². The predicted octanol–water partition coefficient (Wildman–Crippen LogP) is 1.40. The first-order valence-corrected chi connectivity index (χ1v) is 7.82. The average Bonchev–Trinajstić information content (AvgIpc) is 2.20. The summed E-state index contributed by atoms with van der Waals surface area (Å²) in [5.74, 6) is -0.660. The largest absolute Gasteiger partial charge is 0.396 e. The van der Waals surface area contributed by atoms with Crippen LogP contribution in [0.1, 0.15) is 6.92 Å². The van der Waals surface area contributed by atoms with E-state index in [1.54, 1.807) is 6.92 Å². The lowest BCUT2D eigenvalue weighted by atomic mass is 10.3. The fourth-order valence-electron chi connectivity index (χ4n) is 1.66. The minimum Gasteiger partial charge on any atom is -0.396 e. The molecule has 0 fully saturated rings. The molecule has 0 saturated heterocycles. The Morgan fingerprint density at radius 1 is 1.47 bits per heavy atom. The number of hydrogen-bond donors (Lipinski definition) is 2. The Morgan fingerprint density at radius 3 is 2.58 bits per heavy atom. The van der Waals surface area contributed by atoms with Crippen LogP contribution in [0, 0.1) is 5.82 Å². The summed E-state index contributed by atoms with van der Waals surface area (Å²) in [5, 5.41) is 0. The molecule has 0 amide bonds. The molecular weight excluding hydrogens is 337 g/mol. The topological polar surface area (TPSA) is 75.4 Å². The summed E-state index contributed by atoms with van der Waals surface area (Å²) < 4.78 is 40.2. The maximum absolute atomic E-state index is 13.2. The summed E-state index contributed by atoms with van der Waals surface area (Å²) in [5.41, 5.74) is 5.20. The molecular formula is C11H17BrFN3O2S. The van der Waals surface area contributed by atoms with Crippen molar-refractivity contribution in [1.29, 1.82) is 0 Å². The van der Waals surface area contributed by atoms with Gasteiger partial charge in [-0.2, -0.15) is 0 Å². The third-order valence-corrected chi connectivity index (χ3v) is 4.88. The van der Waals surface area contributed by atoms with Crippen molar-refractivity contribution in [3.8, 4) is 0 Å². The van der Waals surface area contributed by atoms with E-state index in [1.807, 2.05) is 19.0 Å². The van der Waals surface area contributed by atoms with Crippen molar-refractivity contribution in [3.63, 3.8) is 0 Å². The molecule has 0 aliphatic carbocycles. The number of nitrogens with two attached hydrogens (primary N) is 1. The lowest BCUT2D eigenvalue weighted by molar-refractivity contribution is 0.370. The van der Waals surface area contributed by atoms with Crippen LogP contribution in [-0.4, -0.2) is 40.0 Å². The van der Waals surface area contributed by atoms with Crippen LogP contribution >= 0.6 is 15.9 Å². The van der Waals surface area contributed by atoms with E-state index < -0.39 is 15.8 Å². The highest BCUT2D eigenvalue weighted by molar-refractivity contribution is 9.10. The predicted molar refractivity (Wildman–Crippen MR) is 76.8 cm³/mol. The van der Waals surface area contributed by atoms with Crippen molar-refractivity contribution in [2.75, 3.05) is 26.4 Å². The first-order valence-electron chi connectivity index (χ1n) is 5.55. The maximum atomic E-state index is 13.2. The number of rotatable bonds is 5. The SMILES string of the molecule is CC(CN(C)C)NS(=O)(=O)c1cc(N)c(F)cc1Br. The molecule has 0 aromatic heterocycles. The van der Waals surface area contributed by atoms with E-state index in [0.717, 1.165) is 12.1 Å². The minimum atomic E-state index is -3.75. The monoisotopic (exact) mass is 353 g/mol. The first-order chi connectivity index (χ1) is 8.63. The minimum absolute atomic E-state index is 0.0722. The first kappa shape index (κ1) is 16.4. The van der Waals surface area contributed by atoms with E-state index in [0.29, 0.717) is 6.54 Å². The number of halogens is 2. The summed E-state index contributed by atoms with van der Waals surface area (Å²) in [4.78, 5) is 1.79. The Bertz CT molecular complexity index is 563. The summed E-state index contributed by atoms with van der Waals surface area (Å²) in [6.07, 6.45) is 0. The molecule has 8 heteroatoms. The van der Waals surface area contributed by atoms with E-state index in [4.69, 9.17) is 5.73 Å². The highest BCUT2D eigenvalue weighted by Crippen LogP contribution is 2.26. The Morgan fingerprint density at radius 2 is 2.05 bits per heavy atom. The van der Waals surface area contributed by atoms with Gasteiger partial charge in [0, 0.05) is 17.1 Å². The molecule has 0 aliphatic heterocycles. The third-order valence-electron chi connectivity index (χ3n) is 2.34. The highest BCUT2D eigenvalue weighted by atomic mass is 79.9. The Hall–Kier alpha value is -0.700.